The van der Waals surface area contributed by atoms with Gasteiger partial charge in [0, 0.05) is 12.1 Å². The zero-order chi connectivity index (χ0) is 20.5. The second-order valence-corrected chi connectivity index (χ2v) is 9.35. The number of rotatable bonds is 5. The molecule has 9 heteroatoms. The first kappa shape index (κ1) is 18.3. The van der Waals surface area contributed by atoms with E-state index in [-0.39, 0.29) is 11.5 Å². The second-order valence-electron chi connectivity index (χ2n) is 9.35. The van der Waals surface area contributed by atoms with Crippen molar-refractivity contribution in [2.24, 2.45) is 23.7 Å². The van der Waals surface area contributed by atoms with Gasteiger partial charge >= 0.3 is 6.18 Å². The normalized spacial score (nSPS) is 33.7. The quantitative estimate of drug-likeness (QED) is 0.754. The lowest BCUT2D eigenvalue weighted by Gasteiger charge is -2.18. The highest BCUT2D eigenvalue weighted by Gasteiger charge is 2.47. The van der Waals surface area contributed by atoms with Crippen molar-refractivity contribution in [3.05, 3.63) is 23.9 Å². The molecule has 2 heterocycles. The van der Waals surface area contributed by atoms with E-state index in [4.69, 9.17) is 0 Å². The van der Waals surface area contributed by atoms with Crippen LogP contribution < -0.4 is 10.6 Å². The number of nitrogens with one attached hydrogen (secondary N) is 2. The maximum Gasteiger partial charge on any atom is 0.433 e. The molecule has 0 bridgehead atoms. The fourth-order valence-corrected chi connectivity index (χ4v) is 5.37. The van der Waals surface area contributed by atoms with Crippen molar-refractivity contribution in [1.29, 1.82) is 0 Å². The second kappa shape index (κ2) is 6.52. The molecular weight excluding hydrogens is 393 g/mol. The molecule has 6 rings (SSSR count). The van der Waals surface area contributed by atoms with E-state index in [1.54, 1.807) is 0 Å². The lowest BCUT2D eigenvalue weighted by atomic mass is 10.1. The van der Waals surface area contributed by atoms with E-state index >= 15 is 0 Å². The van der Waals surface area contributed by atoms with E-state index < -0.39 is 11.9 Å². The van der Waals surface area contributed by atoms with Crippen LogP contribution in [0.3, 0.4) is 0 Å². The van der Waals surface area contributed by atoms with Gasteiger partial charge in [-0.05, 0) is 74.3 Å². The number of pyridine rings is 1. The van der Waals surface area contributed by atoms with Gasteiger partial charge in [-0.25, -0.2) is 4.98 Å². The summed E-state index contributed by atoms with van der Waals surface area (Å²) >= 11 is 0. The monoisotopic (exact) mass is 416 g/mol. The van der Waals surface area contributed by atoms with E-state index in [1.165, 1.54) is 25.0 Å². The van der Waals surface area contributed by atoms with Gasteiger partial charge in [0.05, 0.1) is 0 Å². The van der Waals surface area contributed by atoms with Crippen LogP contribution in [0.15, 0.2) is 18.2 Å². The van der Waals surface area contributed by atoms with Crippen molar-refractivity contribution in [3.8, 4) is 11.5 Å². The Kier molecular flexibility index (Phi) is 3.98. The van der Waals surface area contributed by atoms with Crippen LogP contribution in [0.4, 0.5) is 25.1 Å². The Morgan fingerprint density at radius 3 is 1.73 bits per heavy atom. The molecule has 2 aromatic rings. The predicted molar refractivity (Wildman–Crippen MR) is 105 cm³/mol. The Bertz CT molecular complexity index is 913. The van der Waals surface area contributed by atoms with Gasteiger partial charge in [0.25, 0.3) is 0 Å². The highest BCUT2D eigenvalue weighted by atomic mass is 19.4. The van der Waals surface area contributed by atoms with E-state index in [0.717, 1.165) is 55.4 Å². The van der Waals surface area contributed by atoms with Gasteiger partial charge in [-0.2, -0.15) is 28.1 Å². The Morgan fingerprint density at radius 1 is 0.700 bits per heavy atom. The Morgan fingerprint density at radius 2 is 1.23 bits per heavy atom. The molecule has 2 aromatic heterocycles. The van der Waals surface area contributed by atoms with Crippen LogP contribution in [-0.2, 0) is 6.18 Å². The number of hydrogen-bond donors (Lipinski definition) is 2. The van der Waals surface area contributed by atoms with E-state index in [1.807, 2.05) is 0 Å². The topological polar surface area (TPSA) is 75.6 Å². The van der Waals surface area contributed by atoms with Crippen molar-refractivity contribution in [2.45, 2.75) is 56.8 Å². The van der Waals surface area contributed by atoms with Gasteiger partial charge in [-0.1, -0.05) is 6.07 Å². The summed E-state index contributed by atoms with van der Waals surface area (Å²) in [6.45, 7) is 0. The maximum atomic E-state index is 13.1. The number of halogens is 3. The minimum absolute atomic E-state index is 0.0989. The van der Waals surface area contributed by atoms with E-state index in [0.29, 0.717) is 24.0 Å². The molecule has 4 aliphatic rings. The van der Waals surface area contributed by atoms with Gasteiger partial charge in [0.1, 0.15) is 11.4 Å². The number of anilines is 2. The number of fused-ring (bicyclic) bond motifs is 2. The van der Waals surface area contributed by atoms with E-state index in [2.05, 4.69) is 30.6 Å². The van der Waals surface area contributed by atoms with Crippen LogP contribution in [0.25, 0.3) is 11.5 Å². The number of alkyl halides is 3. The third-order valence-corrected chi connectivity index (χ3v) is 7.06. The average Bonchev–Trinajstić information content (AvgIpc) is 3.54. The molecule has 4 unspecified atom stereocenters. The minimum atomic E-state index is -4.51. The highest BCUT2D eigenvalue weighted by molar-refractivity contribution is 5.54. The molecule has 4 saturated carbocycles. The van der Waals surface area contributed by atoms with Crippen molar-refractivity contribution in [1.82, 2.24) is 19.9 Å². The summed E-state index contributed by atoms with van der Waals surface area (Å²) in [6, 6.07) is 4.42. The zero-order valence-corrected chi connectivity index (χ0v) is 16.4. The molecule has 4 aliphatic carbocycles. The largest absolute Gasteiger partial charge is 0.433 e. The molecule has 6 nitrogen and oxygen atoms in total. The summed E-state index contributed by atoms with van der Waals surface area (Å²) in [5.74, 6) is 4.20. The molecule has 0 radical (unpaired) electrons. The Hall–Kier alpha value is -2.45. The van der Waals surface area contributed by atoms with Crippen LogP contribution >= 0.6 is 0 Å². The van der Waals surface area contributed by atoms with Gasteiger partial charge in [0.2, 0.25) is 11.9 Å². The molecule has 4 fully saturated rings. The number of nitrogens with zero attached hydrogens (tertiary/aromatic N) is 4. The Labute approximate surface area is 172 Å². The van der Waals surface area contributed by atoms with Crippen LogP contribution in [0.5, 0.6) is 0 Å². The van der Waals surface area contributed by atoms with Crippen molar-refractivity contribution < 1.29 is 13.2 Å². The number of hydrogen-bond acceptors (Lipinski definition) is 6. The lowest BCUT2D eigenvalue weighted by Crippen LogP contribution is -2.22. The molecule has 2 N–H and O–H groups in total. The maximum absolute atomic E-state index is 13.1. The summed E-state index contributed by atoms with van der Waals surface area (Å²) in [4.78, 5) is 17.2. The Balaban J connectivity index is 1.30. The molecule has 4 atom stereocenters. The lowest BCUT2D eigenvalue weighted by molar-refractivity contribution is -0.141. The van der Waals surface area contributed by atoms with Crippen molar-refractivity contribution >= 4 is 11.9 Å². The SMILES string of the molecule is FC(F)(F)c1cccc(-c2nc(NC3CC4CC4C3)nc(NC3CC4CC4C3)n2)n1. The first-order chi connectivity index (χ1) is 14.4. The van der Waals surface area contributed by atoms with Crippen LogP contribution in [0.2, 0.25) is 0 Å². The molecule has 158 valence electrons. The van der Waals surface area contributed by atoms with Crippen LogP contribution in [0.1, 0.15) is 44.2 Å². The summed E-state index contributed by atoms with van der Waals surface area (Å²) in [5, 5.41) is 6.77. The molecule has 0 aromatic carbocycles. The molecule has 30 heavy (non-hydrogen) atoms. The van der Waals surface area contributed by atoms with Crippen molar-refractivity contribution in [3.63, 3.8) is 0 Å². The average molecular weight is 416 g/mol. The van der Waals surface area contributed by atoms with Gasteiger partial charge in [-0.15, -0.1) is 0 Å². The van der Waals surface area contributed by atoms with Crippen LogP contribution in [-0.4, -0.2) is 32.0 Å². The molecule has 0 aliphatic heterocycles. The van der Waals surface area contributed by atoms with E-state index in [9.17, 15) is 13.2 Å². The van der Waals surface area contributed by atoms with Gasteiger partial charge in [0.15, 0.2) is 5.82 Å². The van der Waals surface area contributed by atoms with Crippen molar-refractivity contribution in [2.75, 3.05) is 10.6 Å². The summed E-state index contributed by atoms with van der Waals surface area (Å²) < 4.78 is 39.4. The fraction of sp³-hybridized carbons (Fsp3) is 0.619. The molecular formula is C21H23F3N6. The first-order valence-electron chi connectivity index (χ1n) is 10.7. The number of aromatic nitrogens is 4. The molecule has 0 amide bonds. The van der Waals surface area contributed by atoms with Gasteiger partial charge in [-0.3, -0.25) is 0 Å². The third-order valence-electron chi connectivity index (χ3n) is 7.06. The zero-order valence-electron chi connectivity index (χ0n) is 16.4. The predicted octanol–water partition coefficient (Wildman–Crippen LogP) is 4.37. The minimum Gasteiger partial charge on any atom is -0.351 e. The summed E-state index contributed by atoms with van der Waals surface area (Å²) in [6.07, 6.45) is 2.51. The molecule has 0 saturated heterocycles. The van der Waals surface area contributed by atoms with Gasteiger partial charge < -0.3 is 10.6 Å². The third kappa shape index (κ3) is 3.58. The van der Waals surface area contributed by atoms with Crippen LogP contribution in [0, 0.1) is 23.7 Å². The highest BCUT2D eigenvalue weighted by Crippen LogP contribution is 2.53. The summed E-state index contributed by atoms with van der Waals surface area (Å²) in [7, 11) is 0. The standard InChI is InChI=1S/C21H23F3N6/c22-21(23,24)17-3-1-2-16(27-17)18-28-19(25-14-6-10-4-11(10)7-14)30-20(29-18)26-15-8-12-5-13(12)9-15/h1-3,10-15H,4-9H2,(H2,25,26,28,29,30). The first-order valence-corrected chi connectivity index (χ1v) is 10.7. The smallest absolute Gasteiger partial charge is 0.351 e. The summed E-state index contributed by atoms with van der Waals surface area (Å²) in [5.41, 5.74) is -0.849. The fourth-order valence-electron chi connectivity index (χ4n) is 5.37. The molecule has 0 spiro atoms.